The number of para-hydroxylation sites is 2. The molecule has 1 aromatic heterocycles. The second-order valence-electron chi connectivity index (χ2n) is 5.75. The summed E-state index contributed by atoms with van der Waals surface area (Å²) in [6, 6.07) is 13.3. The SMILES string of the molecule is CC(NC(N)=NCCc1nc2ccccc2[nH]1)c1ccc(Cl)cc1Cl. The van der Waals surface area contributed by atoms with Crippen molar-refractivity contribution < 1.29 is 0 Å². The topological polar surface area (TPSA) is 79.1 Å². The van der Waals surface area contributed by atoms with E-state index in [4.69, 9.17) is 28.9 Å². The fourth-order valence-corrected chi connectivity index (χ4v) is 3.18. The number of rotatable bonds is 5. The van der Waals surface area contributed by atoms with Gasteiger partial charge in [-0.25, -0.2) is 4.98 Å². The molecule has 4 N–H and O–H groups in total. The van der Waals surface area contributed by atoms with E-state index in [-0.39, 0.29) is 6.04 Å². The predicted octanol–water partition coefficient (Wildman–Crippen LogP) is 4.08. The van der Waals surface area contributed by atoms with Crippen molar-refractivity contribution in [1.82, 2.24) is 15.3 Å². The summed E-state index contributed by atoms with van der Waals surface area (Å²) >= 11 is 12.1. The molecule has 0 fully saturated rings. The molecule has 1 heterocycles. The quantitative estimate of drug-likeness (QED) is 0.464. The van der Waals surface area contributed by atoms with Crippen LogP contribution in [0.25, 0.3) is 11.0 Å². The highest BCUT2D eigenvalue weighted by atomic mass is 35.5. The van der Waals surface area contributed by atoms with Gasteiger partial charge >= 0.3 is 0 Å². The van der Waals surface area contributed by atoms with Gasteiger partial charge in [-0.1, -0.05) is 41.4 Å². The van der Waals surface area contributed by atoms with Crippen molar-refractivity contribution in [2.75, 3.05) is 6.54 Å². The van der Waals surface area contributed by atoms with E-state index in [2.05, 4.69) is 20.3 Å². The number of nitrogens with zero attached hydrogens (tertiary/aromatic N) is 2. The van der Waals surface area contributed by atoms with Crippen LogP contribution in [0.1, 0.15) is 24.4 Å². The van der Waals surface area contributed by atoms with E-state index in [0.29, 0.717) is 29.0 Å². The van der Waals surface area contributed by atoms with Gasteiger partial charge in [0.15, 0.2) is 5.96 Å². The molecule has 3 aromatic rings. The number of halogens is 2. The number of aliphatic imine (C=N–C) groups is 1. The number of aromatic amines is 1. The molecule has 0 spiro atoms. The Kier molecular flexibility index (Phi) is 5.46. The van der Waals surface area contributed by atoms with Gasteiger partial charge in [0.25, 0.3) is 0 Å². The summed E-state index contributed by atoms with van der Waals surface area (Å²) in [4.78, 5) is 12.2. The van der Waals surface area contributed by atoms with E-state index in [0.717, 1.165) is 22.4 Å². The first-order valence-corrected chi connectivity index (χ1v) is 8.73. The lowest BCUT2D eigenvalue weighted by Crippen LogP contribution is -2.34. The van der Waals surface area contributed by atoms with Gasteiger partial charge in [0.1, 0.15) is 5.82 Å². The van der Waals surface area contributed by atoms with Crippen LogP contribution in [0.2, 0.25) is 10.0 Å². The first-order chi connectivity index (χ1) is 12.0. The highest BCUT2D eigenvalue weighted by Gasteiger charge is 2.10. The maximum Gasteiger partial charge on any atom is 0.189 e. The number of nitrogens with two attached hydrogens (primary N) is 1. The highest BCUT2D eigenvalue weighted by Crippen LogP contribution is 2.25. The van der Waals surface area contributed by atoms with E-state index in [1.807, 2.05) is 37.3 Å². The summed E-state index contributed by atoms with van der Waals surface area (Å²) in [5.41, 5.74) is 8.87. The standard InChI is InChI=1S/C18H19Cl2N5/c1-11(13-7-6-12(19)10-14(13)20)23-18(21)22-9-8-17-24-15-4-2-3-5-16(15)25-17/h2-7,10-11H,8-9H2,1H3,(H,24,25)(H3,21,22,23). The zero-order chi connectivity index (χ0) is 17.8. The smallest absolute Gasteiger partial charge is 0.189 e. The Morgan fingerprint density at radius 2 is 2.08 bits per heavy atom. The molecule has 130 valence electrons. The highest BCUT2D eigenvalue weighted by molar-refractivity contribution is 6.35. The predicted molar refractivity (Wildman–Crippen MR) is 104 cm³/mol. The Labute approximate surface area is 156 Å². The molecule has 0 saturated carbocycles. The zero-order valence-electron chi connectivity index (χ0n) is 13.8. The molecule has 0 bridgehead atoms. The molecule has 0 saturated heterocycles. The Morgan fingerprint density at radius 3 is 2.84 bits per heavy atom. The van der Waals surface area contributed by atoms with Crippen molar-refractivity contribution in [1.29, 1.82) is 0 Å². The molecule has 1 atom stereocenters. The minimum Gasteiger partial charge on any atom is -0.370 e. The fraction of sp³-hybridized carbons (Fsp3) is 0.222. The molecule has 2 aromatic carbocycles. The van der Waals surface area contributed by atoms with Crippen LogP contribution in [0.3, 0.4) is 0 Å². The lowest BCUT2D eigenvalue weighted by atomic mass is 10.1. The summed E-state index contributed by atoms with van der Waals surface area (Å²) in [5.74, 6) is 1.26. The van der Waals surface area contributed by atoms with Crippen LogP contribution in [0.4, 0.5) is 0 Å². The van der Waals surface area contributed by atoms with Crippen molar-refractivity contribution in [2.24, 2.45) is 10.7 Å². The van der Waals surface area contributed by atoms with Gasteiger partial charge in [0.2, 0.25) is 0 Å². The first-order valence-electron chi connectivity index (χ1n) is 7.98. The Hall–Kier alpha value is -2.24. The van der Waals surface area contributed by atoms with Crippen LogP contribution in [0, 0.1) is 0 Å². The van der Waals surface area contributed by atoms with Gasteiger partial charge in [-0.3, -0.25) is 4.99 Å². The van der Waals surface area contributed by atoms with Gasteiger partial charge in [-0.05, 0) is 36.8 Å². The second-order valence-corrected chi connectivity index (χ2v) is 6.59. The number of nitrogens with one attached hydrogen (secondary N) is 2. The third-order valence-electron chi connectivity index (χ3n) is 3.86. The number of benzene rings is 2. The molecule has 0 amide bonds. The molecule has 25 heavy (non-hydrogen) atoms. The molecule has 0 aliphatic carbocycles. The van der Waals surface area contributed by atoms with Crippen LogP contribution in [0.5, 0.6) is 0 Å². The van der Waals surface area contributed by atoms with E-state index in [1.54, 1.807) is 12.1 Å². The molecular formula is C18H19Cl2N5. The molecular weight excluding hydrogens is 357 g/mol. The Morgan fingerprint density at radius 1 is 1.28 bits per heavy atom. The fourth-order valence-electron chi connectivity index (χ4n) is 2.60. The molecule has 0 aliphatic heterocycles. The minimum absolute atomic E-state index is 0.0697. The minimum atomic E-state index is -0.0697. The number of H-pyrrole nitrogens is 1. The third kappa shape index (κ3) is 4.44. The van der Waals surface area contributed by atoms with E-state index in [1.165, 1.54) is 0 Å². The lowest BCUT2D eigenvalue weighted by molar-refractivity contribution is 0.707. The number of imidazole rings is 1. The summed E-state index contributed by atoms with van der Waals surface area (Å²) < 4.78 is 0. The maximum atomic E-state index is 6.21. The number of hydrogen-bond donors (Lipinski definition) is 3. The summed E-state index contributed by atoms with van der Waals surface area (Å²) in [6.07, 6.45) is 0.688. The van der Waals surface area contributed by atoms with E-state index < -0.39 is 0 Å². The van der Waals surface area contributed by atoms with Crippen LogP contribution in [0.15, 0.2) is 47.5 Å². The zero-order valence-corrected chi connectivity index (χ0v) is 15.3. The molecule has 1 unspecified atom stereocenters. The second kappa shape index (κ2) is 7.76. The van der Waals surface area contributed by atoms with Crippen molar-refractivity contribution in [3.8, 4) is 0 Å². The average Bonchev–Trinajstić information content (AvgIpc) is 2.97. The number of hydrogen-bond acceptors (Lipinski definition) is 2. The summed E-state index contributed by atoms with van der Waals surface area (Å²) in [6.45, 7) is 2.51. The van der Waals surface area contributed by atoms with Gasteiger partial charge in [0, 0.05) is 23.0 Å². The van der Waals surface area contributed by atoms with Crippen molar-refractivity contribution in [2.45, 2.75) is 19.4 Å². The summed E-state index contributed by atoms with van der Waals surface area (Å²) in [7, 11) is 0. The van der Waals surface area contributed by atoms with Gasteiger partial charge in [-0.15, -0.1) is 0 Å². The molecule has 0 aliphatic rings. The van der Waals surface area contributed by atoms with Crippen LogP contribution in [-0.4, -0.2) is 22.5 Å². The van der Waals surface area contributed by atoms with Gasteiger partial charge < -0.3 is 16.0 Å². The van der Waals surface area contributed by atoms with Crippen LogP contribution < -0.4 is 11.1 Å². The van der Waals surface area contributed by atoms with Gasteiger partial charge in [-0.2, -0.15) is 0 Å². The Balaban J connectivity index is 1.57. The third-order valence-corrected chi connectivity index (χ3v) is 4.42. The van der Waals surface area contributed by atoms with E-state index >= 15 is 0 Å². The number of guanidine groups is 1. The monoisotopic (exact) mass is 375 g/mol. The largest absolute Gasteiger partial charge is 0.370 e. The number of fused-ring (bicyclic) bond motifs is 1. The summed E-state index contributed by atoms with van der Waals surface area (Å²) in [5, 5.41) is 4.34. The molecule has 7 heteroatoms. The lowest BCUT2D eigenvalue weighted by Gasteiger charge is -2.16. The molecule has 0 radical (unpaired) electrons. The van der Waals surface area contributed by atoms with Crippen LogP contribution in [-0.2, 0) is 6.42 Å². The first kappa shape index (κ1) is 17.6. The Bertz CT molecular complexity index is 870. The van der Waals surface area contributed by atoms with Crippen molar-refractivity contribution in [3.63, 3.8) is 0 Å². The van der Waals surface area contributed by atoms with Crippen molar-refractivity contribution in [3.05, 3.63) is 63.9 Å². The van der Waals surface area contributed by atoms with Crippen molar-refractivity contribution >= 4 is 40.2 Å². The number of aromatic nitrogens is 2. The van der Waals surface area contributed by atoms with Gasteiger partial charge in [0.05, 0.1) is 17.1 Å². The molecule has 5 nitrogen and oxygen atoms in total. The average molecular weight is 376 g/mol. The van der Waals surface area contributed by atoms with E-state index in [9.17, 15) is 0 Å². The normalized spacial score (nSPS) is 13.2. The van der Waals surface area contributed by atoms with Crippen LogP contribution >= 0.6 is 23.2 Å². The maximum absolute atomic E-state index is 6.21. The molecule has 3 rings (SSSR count).